The van der Waals surface area contributed by atoms with E-state index in [0.29, 0.717) is 13.0 Å². The van der Waals surface area contributed by atoms with E-state index < -0.39 is 45.8 Å². The fraction of sp³-hybridized carbons (Fsp3) is 0.743. The van der Waals surface area contributed by atoms with Crippen molar-refractivity contribution in [2.45, 2.75) is 135 Å². The van der Waals surface area contributed by atoms with Crippen LogP contribution in [0.1, 0.15) is 123 Å². The fourth-order valence-corrected chi connectivity index (χ4v) is 4.96. The number of esters is 1. The van der Waals surface area contributed by atoms with Gasteiger partial charge in [-0.1, -0.05) is 114 Å². The average molecular weight is 659 g/mol. The van der Waals surface area contributed by atoms with Gasteiger partial charge >= 0.3 is 13.8 Å². The number of phosphoric acid groups is 1. The zero-order chi connectivity index (χ0) is 33.3. The van der Waals surface area contributed by atoms with Gasteiger partial charge in [0.25, 0.3) is 0 Å². The highest BCUT2D eigenvalue weighted by atomic mass is 31.2. The van der Waals surface area contributed by atoms with Gasteiger partial charge in [-0.05, 0) is 51.4 Å². The van der Waals surface area contributed by atoms with Crippen LogP contribution in [0.25, 0.3) is 0 Å². The molecule has 0 aromatic rings. The Bertz CT molecular complexity index is 841. The zero-order valence-corrected chi connectivity index (χ0v) is 29.0. The largest absolute Gasteiger partial charge is 0.472 e. The summed E-state index contributed by atoms with van der Waals surface area (Å²) in [6.45, 7) is 3.29. The van der Waals surface area contributed by atoms with Crippen molar-refractivity contribution in [3.05, 3.63) is 48.6 Å². The summed E-state index contributed by atoms with van der Waals surface area (Å²) in [5.41, 5.74) is 0. The highest BCUT2D eigenvalue weighted by Crippen LogP contribution is 2.43. The number of ether oxygens (including phenoxy) is 2. The van der Waals surface area contributed by atoms with Gasteiger partial charge in [-0.3, -0.25) is 13.8 Å². The maximum Gasteiger partial charge on any atom is 0.472 e. The number of aliphatic hydroxyl groups is 2. The molecule has 3 atom stereocenters. The van der Waals surface area contributed by atoms with Crippen molar-refractivity contribution in [2.24, 2.45) is 0 Å². The molecular weight excluding hydrogens is 595 g/mol. The summed E-state index contributed by atoms with van der Waals surface area (Å²) < 4.78 is 33.0. The highest BCUT2D eigenvalue weighted by molar-refractivity contribution is 7.47. The van der Waals surface area contributed by atoms with E-state index >= 15 is 0 Å². The minimum absolute atomic E-state index is 0.0317. The van der Waals surface area contributed by atoms with Crippen LogP contribution in [0.5, 0.6) is 0 Å². The Morgan fingerprint density at radius 2 is 1.27 bits per heavy atom. The van der Waals surface area contributed by atoms with Crippen LogP contribution < -0.4 is 0 Å². The van der Waals surface area contributed by atoms with Crippen molar-refractivity contribution in [1.29, 1.82) is 0 Å². The third kappa shape index (κ3) is 32.2. The molecule has 0 aliphatic carbocycles. The Hall–Kier alpha value is -1.58. The Labute approximate surface area is 273 Å². The second-order valence-corrected chi connectivity index (χ2v) is 12.6. The SMILES string of the molecule is CC/C=C\C/C=C\C/C=C\C/C=C\CCCCC(=O)OC(COCCCCCCCCCCC)COP(=O)(O)OCC(O)CO. The van der Waals surface area contributed by atoms with E-state index in [-0.39, 0.29) is 13.0 Å². The lowest BCUT2D eigenvalue weighted by Crippen LogP contribution is -2.29. The maximum absolute atomic E-state index is 12.5. The van der Waals surface area contributed by atoms with Crippen molar-refractivity contribution in [1.82, 2.24) is 0 Å². The van der Waals surface area contributed by atoms with Gasteiger partial charge in [0.15, 0.2) is 0 Å². The van der Waals surface area contributed by atoms with Crippen molar-refractivity contribution >= 4 is 13.8 Å². The molecule has 0 amide bonds. The molecule has 262 valence electrons. The van der Waals surface area contributed by atoms with Crippen molar-refractivity contribution < 1.29 is 43.0 Å². The van der Waals surface area contributed by atoms with Gasteiger partial charge in [-0.15, -0.1) is 0 Å². The van der Waals surface area contributed by atoms with Gasteiger partial charge in [-0.2, -0.15) is 0 Å². The van der Waals surface area contributed by atoms with E-state index in [1.54, 1.807) is 0 Å². The molecular formula is C35H63O9P. The predicted octanol–water partition coefficient (Wildman–Crippen LogP) is 8.30. The summed E-state index contributed by atoms with van der Waals surface area (Å²) in [5, 5.41) is 18.2. The van der Waals surface area contributed by atoms with Crippen LogP contribution in [0.15, 0.2) is 48.6 Å². The number of phosphoric ester groups is 1. The smallest absolute Gasteiger partial charge is 0.457 e. The lowest BCUT2D eigenvalue weighted by molar-refractivity contribution is -0.154. The second-order valence-electron chi connectivity index (χ2n) is 11.2. The molecule has 0 radical (unpaired) electrons. The molecule has 0 saturated carbocycles. The minimum atomic E-state index is -4.51. The molecule has 9 nitrogen and oxygen atoms in total. The molecule has 3 N–H and O–H groups in total. The Balaban J connectivity index is 4.37. The molecule has 10 heteroatoms. The van der Waals surface area contributed by atoms with Crippen LogP contribution in [0.4, 0.5) is 0 Å². The first kappa shape index (κ1) is 43.4. The molecule has 0 rings (SSSR count). The molecule has 0 aliphatic rings. The molecule has 0 aromatic heterocycles. The second kappa shape index (κ2) is 32.4. The highest BCUT2D eigenvalue weighted by Gasteiger charge is 2.26. The first-order valence-corrected chi connectivity index (χ1v) is 18.6. The molecule has 0 saturated heterocycles. The van der Waals surface area contributed by atoms with E-state index in [4.69, 9.17) is 23.6 Å². The Morgan fingerprint density at radius 3 is 1.87 bits per heavy atom. The number of rotatable bonds is 32. The van der Waals surface area contributed by atoms with Gasteiger partial charge < -0.3 is 24.6 Å². The minimum Gasteiger partial charge on any atom is -0.457 e. The van der Waals surface area contributed by atoms with Gasteiger partial charge in [0.05, 0.1) is 26.4 Å². The molecule has 0 bridgehead atoms. The number of unbranched alkanes of at least 4 members (excludes halogenated alkanes) is 10. The Morgan fingerprint density at radius 1 is 0.711 bits per heavy atom. The van der Waals surface area contributed by atoms with Gasteiger partial charge in [0, 0.05) is 13.0 Å². The summed E-state index contributed by atoms with van der Waals surface area (Å²) >= 11 is 0. The van der Waals surface area contributed by atoms with Crippen LogP contribution in [0.2, 0.25) is 0 Å². The summed E-state index contributed by atoms with van der Waals surface area (Å²) in [6, 6.07) is 0. The lowest BCUT2D eigenvalue weighted by atomic mass is 10.1. The monoisotopic (exact) mass is 658 g/mol. The number of hydrogen-bond acceptors (Lipinski definition) is 8. The van der Waals surface area contributed by atoms with E-state index in [2.05, 4.69) is 62.5 Å². The third-order valence-corrected chi connectivity index (χ3v) is 7.73. The molecule has 0 aromatic carbocycles. The zero-order valence-electron chi connectivity index (χ0n) is 28.1. The molecule has 3 unspecified atom stereocenters. The van der Waals surface area contributed by atoms with E-state index in [0.717, 1.165) is 57.8 Å². The van der Waals surface area contributed by atoms with Crippen LogP contribution in [0, 0.1) is 0 Å². The lowest BCUT2D eigenvalue weighted by Gasteiger charge is -2.20. The van der Waals surface area contributed by atoms with Crippen molar-refractivity contribution in [2.75, 3.05) is 33.0 Å². The fourth-order valence-electron chi connectivity index (χ4n) is 4.17. The molecule has 45 heavy (non-hydrogen) atoms. The van der Waals surface area contributed by atoms with Crippen LogP contribution in [-0.2, 0) is 27.9 Å². The quantitative estimate of drug-likeness (QED) is 0.0283. The number of carbonyl (C=O) groups excluding carboxylic acids is 1. The standard InChI is InChI=1S/C35H63O9P/c1-3-5-7-9-11-13-14-15-16-17-18-19-21-23-25-27-35(38)44-34(32-43-45(39,40)42-30-33(37)29-36)31-41-28-26-24-22-20-12-10-8-6-4-2/h5,7,11,13,15-16,18-19,33-34,36-37H,3-4,6,8-10,12,14,17,20-32H2,1-2H3,(H,39,40)/b7-5-,13-11-,16-15-,19-18-. The number of aliphatic hydroxyl groups excluding tert-OH is 2. The van der Waals surface area contributed by atoms with Gasteiger partial charge in [0.1, 0.15) is 12.2 Å². The maximum atomic E-state index is 12.5. The number of allylic oxidation sites excluding steroid dienone is 8. The van der Waals surface area contributed by atoms with E-state index in [9.17, 15) is 19.4 Å². The van der Waals surface area contributed by atoms with Crippen LogP contribution >= 0.6 is 7.82 Å². The average Bonchev–Trinajstić information content (AvgIpc) is 3.03. The molecule has 0 fully saturated rings. The van der Waals surface area contributed by atoms with Gasteiger partial charge in [0.2, 0.25) is 0 Å². The van der Waals surface area contributed by atoms with Crippen LogP contribution in [0.3, 0.4) is 0 Å². The summed E-state index contributed by atoms with van der Waals surface area (Å²) in [7, 11) is -4.51. The first-order chi connectivity index (χ1) is 21.8. The topological polar surface area (TPSA) is 132 Å². The summed E-state index contributed by atoms with van der Waals surface area (Å²) in [4.78, 5) is 22.3. The van der Waals surface area contributed by atoms with E-state index in [1.807, 2.05) is 0 Å². The third-order valence-electron chi connectivity index (χ3n) is 6.78. The van der Waals surface area contributed by atoms with E-state index in [1.165, 1.54) is 38.5 Å². The van der Waals surface area contributed by atoms with Crippen molar-refractivity contribution in [3.63, 3.8) is 0 Å². The van der Waals surface area contributed by atoms with Crippen molar-refractivity contribution in [3.8, 4) is 0 Å². The number of hydrogen-bond donors (Lipinski definition) is 3. The Kier molecular flexibility index (Phi) is 31.2. The van der Waals surface area contributed by atoms with Gasteiger partial charge in [-0.25, -0.2) is 4.57 Å². The van der Waals surface area contributed by atoms with Crippen LogP contribution in [-0.4, -0.2) is 66.3 Å². The first-order valence-electron chi connectivity index (χ1n) is 17.1. The summed E-state index contributed by atoms with van der Waals surface area (Å²) in [6.07, 6.45) is 32.2. The normalized spacial score (nSPS) is 15.0. The molecule has 0 spiro atoms. The number of carbonyl (C=O) groups is 1. The summed E-state index contributed by atoms with van der Waals surface area (Å²) in [5.74, 6) is -0.426. The molecule has 0 aliphatic heterocycles. The molecule has 0 heterocycles. The predicted molar refractivity (Wildman–Crippen MR) is 182 cm³/mol.